The minimum atomic E-state index is -4.88. The molecule has 1 unspecified atom stereocenters. The van der Waals surface area contributed by atoms with Crippen molar-refractivity contribution in [3.8, 4) is 5.75 Å². The van der Waals surface area contributed by atoms with Crippen LogP contribution in [0.5, 0.6) is 5.75 Å². The summed E-state index contributed by atoms with van der Waals surface area (Å²) in [5, 5.41) is 9.34. The van der Waals surface area contributed by atoms with Crippen molar-refractivity contribution in [3.63, 3.8) is 0 Å². The predicted molar refractivity (Wildman–Crippen MR) is 62.5 cm³/mol. The van der Waals surface area contributed by atoms with Crippen LogP contribution in [-0.4, -0.2) is 43.4 Å². The number of nitrogens with zero attached hydrogens (tertiary/aromatic N) is 1. The third-order valence-corrected chi connectivity index (χ3v) is 4.66. The van der Waals surface area contributed by atoms with Crippen LogP contribution in [0.1, 0.15) is 6.42 Å². The van der Waals surface area contributed by atoms with Gasteiger partial charge in [0.25, 0.3) is 0 Å². The molecule has 1 saturated heterocycles. The molecular weight excluding hydrogens is 299 g/mol. The third-order valence-electron chi connectivity index (χ3n) is 2.80. The lowest BCUT2D eigenvalue weighted by Gasteiger charge is -2.16. The summed E-state index contributed by atoms with van der Waals surface area (Å²) in [6.45, 7) is 0.0700. The van der Waals surface area contributed by atoms with Crippen LogP contribution >= 0.6 is 0 Å². The first-order valence-corrected chi connectivity index (χ1v) is 7.16. The zero-order chi connectivity index (χ0) is 15.0. The molecule has 1 aliphatic heterocycles. The van der Waals surface area contributed by atoms with Crippen LogP contribution in [0.2, 0.25) is 0 Å². The van der Waals surface area contributed by atoms with Crippen molar-refractivity contribution in [1.82, 2.24) is 4.31 Å². The normalized spacial score (nSPS) is 21.1. The van der Waals surface area contributed by atoms with E-state index in [0.29, 0.717) is 6.42 Å². The molecule has 1 aliphatic rings. The second kappa shape index (κ2) is 5.23. The molecule has 1 aromatic rings. The predicted octanol–water partition coefficient (Wildman–Crippen LogP) is 1.34. The van der Waals surface area contributed by atoms with Crippen molar-refractivity contribution in [2.24, 2.45) is 0 Å². The summed E-state index contributed by atoms with van der Waals surface area (Å²) < 4.78 is 65.4. The van der Waals surface area contributed by atoms with Crippen LogP contribution in [0.15, 0.2) is 29.2 Å². The van der Waals surface area contributed by atoms with Gasteiger partial charge in [0, 0.05) is 19.2 Å². The Morgan fingerprint density at radius 3 is 2.60 bits per heavy atom. The van der Waals surface area contributed by atoms with Gasteiger partial charge in [-0.2, -0.15) is 4.31 Å². The number of benzene rings is 1. The molecule has 1 heterocycles. The van der Waals surface area contributed by atoms with Crippen molar-refractivity contribution in [1.29, 1.82) is 0 Å². The van der Waals surface area contributed by atoms with E-state index in [1.165, 1.54) is 12.1 Å². The monoisotopic (exact) mass is 311 g/mol. The van der Waals surface area contributed by atoms with Crippen molar-refractivity contribution in [3.05, 3.63) is 24.3 Å². The number of rotatable bonds is 3. The van der Waals surface area contributed by atoms with Gasteiger partial charge in [-0.05, 0) is 18.6 Å². The first kappa shape index (κ1) is 15.1. The first-order valence-electron chi connectivity index (χ1n) is 5.72. The molecule has 0 bridgehead atoms. The molecular formula is C11H12F3NO4S. The largest absolute Gasteiger partial charge is 0.573 e. The van der Waals surface area contributed by atoms with Crippen molar-refractivity contribution in [2.45, 2.75) is 23.8 Å². The number of halogens is 3. The molecule has 0 radical (unpaired) electrons. The molecule has 0 spiro atoms. The van der Waals surface area contributed by atoms with E-state index in [0.717, 1.165) is 16.4 Å². The van der Waals surface area contributed by atoms with Crippen molar-refractivity contribution >= 4 is 10.0 Å². The van der Waals surface area contributed by atoms with Crippen LogP contribution in [0.25, 0.3) is 0 Å². The zero-order valence-corrected chi connectivity index (χ0v) is 11.0. The quantitative estimate of drug-likeness (QED) is 0.915. The van der Waals surface area contributed by atoms with Crippen molar-refractivity contribution < 1.29 is 31.4 Å². The van der Waals surface area contributed by atoms with Gasteiger partial charge in [-0.1, -0.05) is 6.07 Å². The van der Waals surface area contributed by atoms with E-state index in [-0.39, 0.29) is 18.0 Å². The standard InChI is InChI=1S/C11H12F3NO4S/c12-11(13,14)19-9-2-1-3-10(6-9)20(17,18)15-5-4-8(16)7-15/h1-3,6,8,16H,4-5,7H2. The van der Waals surface area contributed by atoms with Gasteiger partial charge in [0.05, 0.1) is 11.0 Å². The maximum Gasteiger partial charge on any atom is 0.573 e. The van der Waals surface area contributed by atoms with Gasteiger partial charge in [-0.25, -0.2) is 8.42 Å². The molecule has 1 fully saturated rings. The summed E-state index contributed by atoms with van der Waals surface area (Å²) in [5.74, 6) is -0.599. The number of alkyl halides is 3. The number of ether oxygens (including phenoxy) is 1. The van der Waals surface area contributed by atoms with E-state index < -0.39 is 28.2 Å². The van der Waals surface area contributed by atoms with Crippen molar-refractivity contribution in [2.75, 3.05) is 13.1 Å². The average Bonchev–Trinajstić information content (AvgIpc) is 2.74. The summed E-state index contributed by atoms with van der Waals surface area (Å²) in [6.07, 6.45) is -5.33. The van der Waals surface area contributed by atoms with E-state index in [1.807, 2.05) is 0 Å². The smallest absolute Gasteiger partial charge is 0.406 e. The number of β-amino-alcohol motifs (C(OH)–C–C–N with tert-alkyl or cyclic N) is 1. The Labute approximate surface area is 113 Å². The molecule has 1 atom stereocenters. The minimum Gasteiger partial charge on any atom is -0.406 e. The fourth-order valence-corrected chi connectivity index (χ4v) is 3.44. The Hall–Kier alpha value is -1.32. The number of aliphatic hydroxyl groups is 1. The lowest BCUT2D eigenvalue weighted by molar-refractivity contribution is -0.274. The topological polar surface area (TPSA) is 66.8 Å². The fraction of sp³-hybridized carbons (Fsp3) is 0.455. The number of hydrogen-bond acceptors (Lipinski definition) is 4. The zero-order valence-electron chi connectivity index (χ0n) is 10.2. The molecule has 112 valence electrons. The van der Waals surface area contributed by atoms with Crippen LogP contribution < -0.4 is 4.74 Å². The molecule has 2 rings (SSSR count). The van der Waals surface area contributed by atoms with Crippen LogP contribution in [-0.2, 0) is 10.0 Å². The molecule has 0 aliphatic carbocycles. The highest BCUT2D eigenvalue weighted by Crippen LogP contribution is 2.27. The lowest BCUT2D eigenvalue weighted by atomic mass is 10.3. The van der Waals surface area contributed by atoms with E-state index in [9.17, 15) is 26.7 Å². The SMILES string of the molecule is O=S(=O)(c1cccc(OC(F)(F)F)c1)N1CCC(O)C1. The lowest BCUT2D eigenvalue weighted by Crippen LogP contribution is -2.29. The van der Waals surface area contributed by atoms with Crippen LogP contribution in [0.4, 0.5) is 13.2 Å². The van der Waals surface area contributed by atoms with E-state index in [1.54, 1.807) is 0 Å². The average molecular weight is 311 g/mol. The molecule has 20 heavy (non-hydrogen) atoms. The third kappa shape index (κ3) is 3.41. The Morgan fingerprint density at radius 1 is 1.35 bits per heavy atom. The molecule has 0 amide bonds. The second-order valence-corrected chi connectivity index (χ2v) is 6.27. The second-order valence-electron chi connectivity index (χ2n) is 4.33. The van der Waals surface area contributed by atoms with E-state index >= 15 is 0 Å². The van der Waals surface area contributed by atoms with Gasteiger partial charge in [0.2, 0.25) is 10.0 Å². The number of hydrogen-bond donors (Lipinski definition) is 1. The molecule has 1 N–H and O–H groups in total. The van der Waals surface area contributed by atoms with Gasteiger partial charge >= 0.3 is 6.36 Å². The van der Waals surface area contributed by atoms with Gasteiger partial charge in [-0.3, -0.25) is 0 Å². The maximum absolute atomic E-state index is 12.2. The van der Waals surface area contributed by atoms with Gasteiger partial charge in [-0.15, -0.1) is 13.2 Å². The first-order chi connectivity index (χ1) is 9.18. The maximum atomic E-state index is 12.2. The van der Waals surface area contributed by atoms with E-state index in [4.69, 9.17) is 0 Å². The Morgan fingerprint density at radius 2 is 2.05 bits per heavy atom. The molecule has 0 saturated carbocycles. The Kier molecular flexibility index (Phi) is 3.94. The highest BCUT2D eigenvalue weighted by Gasteiger charge is 2.34. The van der Waals surface area contributed by atoms with Gasteiger partial charge < -0.3 is 9.84 Å². The highest BCUT2D eigenvalue weighted by molar-refractivity contribution is 7.89. The molecule has 9 heteroatoms. The number of sulfonamides is 1. The summed E-state index contributed by atoms with van der Waals surface area (Å²) in [7, 11) is -3.92. The van der Waals surface area contributed by atoms with Gasteiger partial charge in [0.1, 0.15) is 5.75 Å². The molecule has 5 nitrogen and oxygen atoms in total. The number of aliphatic hydroxyl groups excluding tert-OH is 1. The van der Waals surface area contributed by atoms with Gasteiger partial charge in [0.15, 0.2) is 0 Å². The fourth-order valence-electron chi connectivity index (χ4n) is 1.91. The summed E-state index contributed by atoms with van der Waals surface area (Å²) >= 11 is 0. The highest BCUT2D eigenvalue weighted by atomic mass is 32.2. The summed E-state index contributed by atoms with van der Waals surface area (Å²) in [5.41, 5.74) is 0. The summed E-state index contributed by atoms with van der Waals surface area (Å²) in [6, 6.07) is 4.18. The van der Waals surface area contributed by atoms with Crippen LogP contribution in [0, 0.1) is 0 Å². The molecule has 1 aromatic carbocycles. The Balaban J connectivity index is 2.26. The van der Waals surface area contributed by atoms with E-state index in [2.05, 4.69) is 4.74 Å². The summed E-state index contributed by atoms with van der Waals surface area (Å²) in [4.78, 5) is -0.298. The minimum absolute atomic E-state index is 0.0628. The van der Waals surface area contributed by atoms with Crippen LogP contribution in [0.3, 0.4) is 0 Å². The Bertz CT molecular complexity index is 588. The molecule has 0 aromatic heterocycles.